The van der Waals surface area contributed by atoms with Crippen molar-refractivity contribution in [1.82, 2.24) is 14.6 Å². The first kappa shape index (κ1) is 12.8. The van der Waals surface area contributed by atoms with Crippen LogP contribution in [0.15, 0.2) is 24.8 Å². The van der Waals surface area contributed by atoms with Crippen molar-refractivity contribution >= 4 is 5.52 Å². The van der Waals surface area contributed by atoms with Gasteiger partial charge < -0.3 is 5.11 Å². The SMILES string of the molecule is OC(CCCC(F)(F)F)c1cnn2ccncc12. The Labute approximate surface area is 101 Å². The minimum atomic E-state index is -4.18. The first-order valence-electron chi connectivity index (χ1n) is 5.49. The fourth-order valence-corrected chi connectivity index (χ4v) is 1.76. The van der Waals surface area contributed by atoms with Crippen LogP contribution in [0.25, 0.3) is 5.52 Å². The number of aliphatic hydroxyl groups excluding tert-OH is 1. The summed E-state index contributed by atoms with van der Waals surface area (Å²) < 4.78 is 37.5. The van der Waals surface area contributed by atoms with Gasteiger partial charge >= 0.3 is 6.18 Å². The summed E-state index contributed by atoms with van der Waals surface area (Å²) in [5.41, 5.74) is 1.11. The lowest BCUT2D eigenvalue weighted by Crippen LogP contribution is -2.08. The molecule has 7 heteroatoms. The van der Waals surface area contributed by atoms with E-state index in [-0.39, 0.29) is 12.8 Å². The van der Waals surface area contributed by atoms with Gasteiger partial charge in [-0.3, -0.25) is 4.98 Å². The third-order valence-corrected chi connectivity index (χ3v) is 2.65. The first-order chi connectivity index (χ1) is 8.47. The van der Waals surface area contributed by atoms with Crippen molar-refractivity contribution in [3.8, 4) is 0 Å². The van der Waals surface area contributed by atoms with Gasteiger partial charge in [0.05, 0.1) is 24.0 Å². The molecule has 0 fully saturated rings. The Hall–Kier alpha value is -1.63. The van der Waals surface area contributed by atoms with Gasteiger partial charge in [0.2, 0.25) is 0 Å². The zero-order valence-corrected chi connectivity index (χ0v) is 9.43. The van der Waals surface area contributed by atoms with Crippen molar-refractivity contribution in [3.63, 3.8) is 0 Å². The fourth-order valence-electron chi connectivity index (χ4n) is 1.76. The summed E-state index contributed by atoms with van der Waals surface area (Å²) in [5.74, 6) is 0. The molecule has 0 amide bonds. The van der Waals surface area contributed by atoms with Crippen molar-refractivity contribution in [2.75, 3.05) is 0 Å². The summed E-state index contributed by atoms with van der Waals surface area (Å²) >= 11 is 0. The Morgan fingerprint density at radius 2 is 2.11 bits per heavy atom. The number of aromatic nitrogens is 3. The number of hydrogen-bond donors (Lipinski definition) is 1. The number of rotatable bonds is 4. The minimum Gasteiger partial charge on any atom is -0.388 e. The molecular weight excluding hydrogens is 247 g/mol. The van der Waals surface area contributed by atoms with Gasteiger partial charge in [0.1, 0.15) is 0 Å². The maximum atomic E-state index is 12.0. The lowest BCUT2D eigenvalue weighted by Gasteiger charge is -2.10. The molecule has 18 heavy (non-hydrogen) atoms. The molecular formula is C11H12F3N3O. The predicted octanol–water partition coefficient (Wildman–Crippen LogP) is 2.50. The lowest BCUT2D eigenvalue weighted by atomic mass is 10.1. The van der Waals surface area contributed by atoms with Crippen LogP contribution in [0.1, 0.15) is 30.9 Å². The van der Waals surface area contributed by atoms with E-state index < -0.39 is 18.7 Å². The largest absolute Gasteiger partial charge is 0.389 e. The molecule has 1 unspecified atom stereocenters. The minimum absolute atomic E-state index is 0.0513. The van der Waals surface area contributed by atoms with E-state index in [2.05, 4.69) is 10.1 Å². The maximum Gasteiger partial charge on any atom is 0.389 e. The molecule has 0 aliphatic carbocycles. The van der Waals surface area contributed by atoms with Crippen LogP contribution in [0.3, 0.4) is 0 Å². The summed E-state index contributed by atoms with van der Waals surface area (Å²) in [6.45, 7) is 0. The van der Waals surface area contributed by atoms with Gasteiger partial charge in [0, 0.05) is 24.4 Å². The number of alkyl halides is 3. The first-order valence-corrected chi connectivity index (χ1v) is 5.49. The Bertz CT molecular complexity index is 523. The van der Waals surface area contributed by atoms with Gasteiger partial charge in [-0.2, -0.15) is 18.3 Å². The number of fused-ring (bicyclic) bond motifs is 1. The van der Waals surface area contributed by atoms with Crippen LogP contribution in [-0.4, -0.2) is 25.9 Å². The summed E-state index contributed by atoms with van der Waals surface area (Å²) in [7, 11) is 0. The van der Waals surface area contributed by atoms with Gasteiger partial charge in [-0.05, 0) is 12.8 Å². The number of hydrogen-bond acceptors (Lipinski definition) is 3. The van der Waals surface area contributed by atoms with Gasteiger partial charge in [-0.1, -0.05) is 0 Å². The summed E-state index contributed by atoms with van der Waals surface area (Å²) in [5, 5.41) is 13.8. The lowest BCUT2D eigenvalue weighted by molar-refractivity contribution is -0.136. The number of halogens is 3. The summed E-state index contributed by atoms with van der Waals surface area (Å²) in [4.78, 5) is 3.90. The molecule has 0 aliphatic rings. The number of nitrogens with zero attached hydrogens (tertiary/aromatic N) is 3. The Morgan fingerprint density at radius 3 is 2.83 bits per heavy atom. The van der Waals surface area contributed by atoms with E-state index in [4.69, 9.17) is 0 Å². The topological polar surface area (TPSA) is 50.4 Å². The third-order valence-electron chi connectivity index (χ3n) is 2.65. The summed E-state index contributed by atoms with van der Waals surface area (Å²) in [6, 6.07) is 0. The van der Waals surface area contributed by atoms with Crippen LogP contribution in [-0.2, 0) is 0 Å². The molecule has 0 spiro atoms. The van der Waals surface area contributed by atoms with Crippen molar-refractivity contribution < 1.29 is 18.3 Å². The van der Waals surface area contributed by atoms with Crippen LogP contribution in [0.5, 0.6) is 0 Å². The Balaban J connectivity index is 2.03. The molecule has 0 radical (unpaired) electrons. The highest BCUT2D eigenvalue weighted by molar-refractivity contribution is 5.52. The highest BCUT2D eigenvalue weighted by Crippen LogP contribution is 2.27. The standard InChI is InChI=1S/C11H12F3N3O/c12-11(13,14)3-1-2-10(18)8-6-16-17-5-4-15-7-9(8)17/h4-7,10,18H,1-3H2. The van der Waals surface area contributed by atoms with Crippen molar-refractivity contribution in [2.24, 2.45) is 0 Å². The van der Waals surface area contributed by atoms with E-state index in [9.17, 15) is 18.3 Å². The van der Waals surface area contributed by atoms with E-state index >= 15 is 0 Å². The van der Waals surface area contributed by atoms with E-state index in [1.807, 2.05) is 0 Å². The van der Waals surface area contributed by atoms with E-state index in [0.717, 1.165) is 0 Å². The van der Waals surface area contributed by atoms with Crippen LogP contribution in [0, 0.1) is 0 Å². The molecule has 98 valence electrons. The average molecular weight is 259 g/mol. The molecule has 2 heterocycles. The van der Waals surface area contributed by atoms with E-state index in [1.165, 1.54) is 16.9 Å². The molecule has 2 aromatic heterocycles. The van der Waals surface area contributed by atoms with Crippen LogP contribution in [0.4, 0.5) is 13.2 Å². The molecule has 1 atom stereocenters. The second kappa shape index (κ2) is 4.93. The zero-order valence-electron chi connectivity index (χ0n) is 9.43. The molecule has 2 rings (SSSR count). The van der Waals surface area contributed by atoms with E-state index in [0.29, 0.717) is 11.1 Å². The molecule has 1 N–H and O–H groups in total. The smallest absolute Gasteiger partial charge is 0.388 e. The molecule has 0 saturated heterocycles. The van der Waals surface area contributed by atoms with Gasteiger partial charge in [-0.15, -0.1) is 0 Å². The fraction of sp³-hybridized carbons (Fsp3) is 0.455. The highest BCUT2D eigenvalue weighted by Gasteiger charge is 2.27. The van der Waals surface area contributed by atoms with Crippen LogP contribution in [0.2, 0.25) is 0 Å². The normalized spacial score (nSPS) is 14.0. The van der Waals surface area contributed by atoms with Crippen molar-refractivity contribution in [2.45, 2.75) is 31.5 Å². The highest BCUT2D eigenvalue weighted by atomic mass is 19.4. The average Bonchev–Trinajstić information content (AvgIpc) is 2.70. The quantitative estimate of drug-likeness (QED) is 0.917. The van der Waals surface area contributed by atoms with Crippen molar-refractivity contribution in [3.05, 3.63) is 30.4 Å². The zero-order chi connectivity index (χ0) is 13.2. The molecule has 4 nitrogen and oxygen atoms in total. The predicted molar refractivity (Wildman–Crippen MR) is 57.9 cm³/mol. The van der Waals surface area contributed by atoms with Crippen molar-refractivity contribution in [1.29, 1.82) is 0 Å². The van der Waals surface area contributed by atoms with Gasteiger partial charge in [0.15, 0.2) is 0 Å². The van der Waals surface area contributed by atoms with E-state index in [1.54, 1.807) is 12.4 Å². The van der Waals surface area contributed by atoms with Crippen LogP contribution >= 0.6 is 0 Å². The molecule has 2 aromatic rings. The van der Waals surface area contributed by atoms with Gasteiger partial charge in [0.25, 0.3) is 0 Å². The monoisotopic (exact) mass is 259 g/mol. The van der Waals surface area contributed by atoms with Crippen LogP contribution < -0.4 is 0 Å². The summed E-state index contributed by atoms with van der Waals surface area (Å²) in [6.07, 6.45) is 0.0576. The second-order valence-electron chi connectivity index (χ2n) is 4.03. The maximum absolute atomic E-state index is 12.0. The third kappa shape index (κ3) is 2.98. The molecule has 0 aliphatic heterocycles. The Morgan fingerprint density at radius 1 is 1.33 bits per heavy atom. The second-order valence-corrected chi connectivity index (χ2v) is 4.03. The molecule has 0 saturated carbocycles. The molecule has 0 bridgehead atoms. The van der Waals surface area contributed by atoms with Gasteiger partial charge in [-0.25, -0.2) is 4.52 Å². The number of aliphatic hydroxyl groups is 1. The Kier molecular flexibility index (Phi) is 3.51. The molecule has 0 aromatic carbocycles.